The molecule has 2 heterocycles. The Morgan fingerprint density at radius 2 is 1.95 bits per heavy atom. The second-order valence-corrected chi connectivity index (χ2v) is 5.57. The number of ether oxygens (including phenoxy) is 1. The van der Waals surface area contributed by atoms with E-state index in [0.717, 1.165) is 0 Å². The van der Waals surface area contributed by atoms with Crippen LogP contribution in [-0.2, 0) is 9.53 Å². The lowest BCUT2D eigenvalue weighted by atomic mass is 9.91. The third kappa shape index (κ3) is 2.52. The molecular weight excluding hydrogens is 248 g/mol. The first kappa shape index (κ1) is 14.1. The van der Waals surface area contributed by atoms with E-state index in [1.165, 1.54) is 0 Å². The maximum atomic E-state index is 11.8. The van der Waals surface area contributed by atoms with E-state index < -0.39 is 0 Å². The highest BCUT2D eigenvalue weighted by molar-refractivity contribution is 5.81. The quantitative estimate of drug-likeness (QED) is 0.650. The van der Waals surface area contributed by atoms with Gasteiger partial charge in [0.15, 0.2) is 0 Å². The van der Waals surface area contributed by atoms with Gasteiger partial charge in [0.2, 0.25) is 5.91 Å². The number of hydrogen-bond donors (Lipinski definition) is 1. The number of urea groups is 1. The lowest BCUT2D eigenvalue weighted by molar-refractivity contribution is -0.187. The van der Waals surface area contributed by atoms with Crippen LogP contribution in [0.2, 0.25) is 0 Å². The Labute approximate surface area is 113 Å². The molecule has 7 nitrogen and oxygen atoms in total. The monoisotopic (exact) mass is 270 g/mol. The standard InChI is InChI=1S/C12H22N4O3/c1-13-10(17)9-5-19-12(6-15(9)4)7-16(8-12)11(18)14(2)3/h9H,5-8H2,1-4H3,(H,13,17)/t9-/m0/s1. The van der Waals surface area contributed by atoms with Gasteiger partial charge in [0.1, 0.15) is 11.6 Å². The minimum Gasteiger partial charge on any atom is -0.368 e. The molecule has 0 aliphatic carbocycles. The lowest BCUT2D eigenvalue weighted by Crippen LogP contribution is -2.73. The molecule has 1 N–H and O–H groups in total. The SMILES string of the molecule is CNC(=O)[C@@H]1COC2(CN(C(=O)N(C)C)C2)CN1C. The average molecular weight is 270 g/mol. The van der Waals surface area contributed by atoms with Gasteiger partial charge >= 0.3 is 6.03 Å². The largest absolute Gasteiger partial charge is 0.368 e. The number of carbonyl (C=O) groups is 2. The second kappa shape index (κ2) is 4.97. The van der Waals surface area contributed by atoms with Gasteiger partial charge in [-0.25, -0.2) is 4.79 Å². The van der Waals surface area contributed by atoms with Crippen molar-refractivity contribution in [2.24, 2.45) is 0 Å². The van der Waals surface area contributed by atoms with Gasteiger partial charge in [-0.2, -0.15) is 0 Å². The third-order valence-electron chi connectivity index (χ3n) is 3.78. The Balaban J connectivity index is 1.90. The maximum absolute atomic E-state index is 11.8. The third-order valence-corrected chi connectivity index (χ3v) is 3.78. The number of amides is 3. The number of likely N-dealkylation sites (N-methyl/N-ethyl adjacent to an activating group) is 2. The zero-order valence-electron chi connectivity index (χ0n) is 12.0. The van der Waals surface area contributed by atoms with Gasteiger partial charge in [-0.3, -0.25) is 9.69 Å². The van der Waals surface area contributed by atoms with Crippen molar-refractivity contribution in [2.75, 3.05) is 54.4 Å². The molecular formula is C12H22N4O3. The zero-order valence-corrected chi connectivity index (χ0v) is 12.0. The number of nitrogens with one attached hydrogen (secondary N) is 1. The molecule has 1 atom stereocenters. The fraction of sp³-hybridized carbons (Fsp3) is 0.833. The maximum Gasteiger partial charge on any atom is 0.319 e. The average Bonchev–Trinajstić information content (AvgIpc) is 2.33. The van der Waals surface area contributed by atoms with Crippen molar-refractivity contribution in [3.63, 3.8) is 0 Å². The van der Waals surface area contributed by atoms with E-state index in [1.54, 1.807) is 30.9 Å². The molecule has 0 radical (unpaired) electrons. The Kier molecular flexibility index (Phi) is 3.69. The van der Waals surface area contributed by atoms with Gasteiger partial charge < -0.3 is 19.9 Å². The Hall–Kier alpha value is -1.34. The summed E-state index contributed by atoms with van der Waals surface area (Å²) in [6.07, 6.45) is 0. The number of nitrogens with zero attached hydrogens (tertiary/aromatic N) is 3. The summed E-state index contributed by atoms with van der Waals surface area (Å²) in [6.45, 7) is 2.23. The van der Waals surface area contributed by atoms with Crippen molar-refractivity contribution in [3.8, 4) is 0 Å². The van der Waals surface area contributed by atoms with E-state index in [1.807, 2.05) is 11.9 Å². The van der Waals surface area contributed by atoms with E-state index in [0.29, 0.717) is 26.2 Å². The normalized spacial score (nSPS) is 25.9. The summed E-state index contributed by atoms with van der Waals surface area (Å²) in [5, 5.41) is 2.64. The predicted molar refractivity (Wildman–Crippen MR) is 69.8 cm³/mol. The fourth-order valence-corrected chi connectivity index (χ4v) is 2.69. The highest BCUT2D eigenvalue weighted by Crippen LogP contribution is 2.30. The number of hydrogen-bond acceptors (Lipinski definition) is 4. The molecule has 108 valence electrons. The van der Waals surface area contributed by atoms with Crippen LogP contribution in [0.4, 0.5) is 4.79 Å². The molecule has 0 aromatic carbocycles. The van der Waals surface area contributed by atoms with Crippen molar-refractivity contribution < 1.29 is 14.3 Å². The van der Waals surface area contributed by atoms with Crippen molar-refractivity contribution >= 4 is 11.9 Å². The van der Waals surface area contributed by atoms with Crippen molar-refractivity contribution in [1.29, 1.82) is 0 Å². The molecule has 0 aromatic rings. The van der Waals surface area contributed by atoms with Crippen LogP contribution in [0.1, 0.15) is 0 Å². The van der Waals surface area contributed by atoms with Crippen LogP contribution in [0.15, 0.2) is 0 Å². The van der Waals surface area contributed by atoms with E-state index in [4.69, 9.17) is 4.74 Å². The molecule has 0 bridgehead atoms. The van der Waals surface area contributed by atoms with Crippen molar-refractivity contribution in [1.82, 2.24) is 20.0 Å². The molecule has 2 saturated heterocycles. The Bertz CT molecular complexity index is 379. The predicted octanol–water partition coefficient (Wildman–Crippen LogP) is -1.20. The molecule has 0 saturated carbocycles. The topological polar surface area (TPSA) is 65.1 Å². The Morgan fingerprint density at radius 3 is 2.42 bits per heavy atom. The Morgan fingerprint density at radius 1 is 1.32 bits per heavy atom. The summed E-state index contributed by atoms with van der Waals surface area (Å²) in [4.78, 5) is 28.7. The first-order valence-electron chi connectivity index (χ1n) is 6.40. The minimum absolute atomic E-state index is 0.00491. The molecule has 2 aliphatic rings. The first-order valence-corrected chi connectivity index (χ1v) is 6.40. The van der Waals surface area contributed by atoms with Crippen LogP contribution in [0.5, 0.6) is 0 Å². The number of likely N-dealkylation sites (tertiary alicyclic amines) is 1. The molecule has 3 amide bonds. The molecule has 1 spiro atoms. The van der Waals surface area contributed by atoms with E-state index in [2.05, 4.69) is 5.32 Å². The van der Waals surface area contributed by atoms with Gasteiger partial charge in [0.25, 0.3) is 0 Å². The number of rotatable bonds is 1. The van der Waals surface area contributed by atoms with E-state index in [9.17, 15) is 9.59 Å². The summed E-state index contributed by atoms with van der Waals surface area (Å²) in [7, 11) is 7.02. The van der Waals surface area contributed by atoms with Crippen LogP contribution < -0.4 is 5.32 Å². The van der Waals surface area contributed by atoms with Crippen LogP contribution >= 0.6 is 0 Å². The molecule has 2 aliphatic heterocycles. The van der Waals surface area contributed by atoms with Gasteiger partial charge in [-0.1, -0.05) is 0 Å². The molecule has 7 heteroatoms. The fourth-order valence-electron chi connectivity index (χ4n) is 2.69. The van der Waals surface area contributed by atoms with E-state index in [-0.39, 0.29) is 23.6 Å². The van der Waals surface area contributed by atoms with Gasteiger partial charge in [-0.15, -0.1) is 0 Å². The first-order chi connectivity index (χ1) is 8.88. The van der Waals surface area contributed by atoms with E-state index >= 15 is 0 Å². The molecule has 0 unspecified atom stereocenters. The van der Waals surface area contributed by atoms with Crippen molar-refractivity contribution in [2.45, 2.75) is 11.6 Å². The highest BCUT2D eigenvalue weighted by Gasteiger charge is 2.51. The summed E-state index contributed by atoms with van der Waals surface area (Å²) < 4.78 is 5.85. The van der Waals surface area contributed by atoms with Gasteiger partial charge in [-0.05, 0) is 7.05 Å². The van der Waals surface area contributed by atoms with Crippen LogP contribution in [0.25, 0.3) is 0 Å². The summed E-state index contributed by atoms with van der Waals surface area (Å²) >= 11 is 0. The second-order valence-electron chi connectivity index (χ2n) is 5.57. The smallest absolute Gasteiger partial charge is 0.319 e. The molecule has 2 fully saturated rings. The van der Waals surface area contributed by atoms with Gasteiger partial charge in [0, 0.05) is 27.7 Å². The summed E-state index contributed by atoms with van der Waals surface area (Å²) in [5.74, 6) is -0.0297. The summed E-state index contributed by atoms with van der Waals surface area (Å²) in [5.41, 5.74) is -0.301. The summed E-state index contributed by atoms with van der Waals surface area (Å²) in [6, 6.07) is -0.237. The highest BCUT2D eigenvalue weighted by atomic mass is 16.5. The number of carbonyl (C=O) groups excluding carboxylic acids is 2. The minimum atomic E-state index is -0.301. The van der Waals surface area contributed by atoms with Gasteiger partial charge in [0.05, 0.1) is 19.7 Å². The van der Waals surface area contributed by atoms with Crippen LogP contribution in [-0.4, -0.2) is 92.7 Å². The molecule has 2 rings (SSSR count). The van der Waals surface area contributed by atoms with Crippen LogP contribution in [0, 0.1) is 0 Å². The molecule has 0 aromatic heterocycles. The van der Waals surface area contributed by atoms with Crippen molar-refractivity contribution in [3.05, 3.63) is 0 Å². The van der Waals surface area contributed by atoms with Crippen LogP contribution in [0.3, 0.4) is 0 Å². The lowest BCUT2D eigenvalue weighted by Gasteiger charge is -2.54. The zero-order chi connectivity index (χ0) is 14.2. The molecule has 19 heavy (non-hydrogen) atoms. The number of morpholine rings is 1.